The van der Waals surface area contributed by atoms with Crippen LogP contribution >= 0.6 is 0 Å². The van der Waals surface area contributed by atoms with Crippen LogP contribution in [0.4, 0.5) is 4.39 Å². The van der Waals surface area contributed by atoms with Gasteiger partial charge in [-0.15, -0.1) is 0 Å². The van der Waals surface area contributed by atoms with E-state index in [1.54, 1.807) is 6.07 Å². The van der Waals surface area contributed by atoms with E-state index in [0.717, 1.165) is 37.3 Å². The molecule has 0 spiro atoms. The zero-order valence-electron chi connectivity index (χ0n) is 11.6. The second-order valence-corrected chi connectivity index (χ2v) is 4.47. The summed E-state index contributed by atoms with van der Waals surface area (Å²) >= 11 is 0. The van der Waals surface area contributed by atoms with Crippen molar-refractivity contribution in [1.82, 2.24) is 0 Å². The van der Waals surface area contributed by atoms with Gasteiger partial charge in [0.1, 0.15) is 18.1 Å². The minimum absolute atomic E-state index is 0.173. The van der Waals surface area contributed by atoms with Crippen LogP contribution in [-0.2, 0) is 11.2 Å². The lowest BCUT2D eigenvalue weighted by Gasteiger charge is -2.06. The number of halogens is 1. The van der Waals surface area contributed by atoms with E-state index in [4.69, 9.17) is 16.2 Å². The van der Waals surface area contributed by atoms with Gasteiger partial charge in [-0.3, -0.25) is 0 Å². The summed E-state index contributed by atoms with van der Waals surface area (Å²) in [6, 6.07) is 4.27. The highest BCUT2D eigenvalue weighted by atomic mass is 19.1. The third-order valence-electron chi connectivity index (χ3n) is 2.62. The second-order valence-electron chi connectivity index (χ2n) is 4.47. The van der Waals surface area contributed by atoms with Crippen LogP contribution in [0.1, 0.15) is 31.7 Å². The van der Waals surface area contributed by atoms with Crippen LogP contribution in [0.15, 0.2) is 23.2 Å². The number of rotatable bonds is 7. The minimum Gasteiger partial charge on any atom is -0.425 e. The molecule has 0 fully saturated rings. The summed E-state index contributed by atoms with van der Waals surface area (Å²) in [4.78, 5) is 15.0. The molecular formula is C14H20FN3O2. The molecule has 0 aromatic heterocycles. The van der Waals surface area contributed by atoms with Gasteiger partial charge in [0.15, 0.2) is 5.96 Å². The second kappa shape index (κ2) is 8.14. The molecule has 1 aromatic carbocycles. The Balaban J connectivity index is 2.65. The number of aliphatic imine (C=N–C) groups is 1. The fraction of sp³-hybridized carbons (Fsp3) is 0.429. The lowest BCUT2D eigenvalue weighted by atomic mass is 10.1. The molecule has 110 valence electrons. The fourth-order valence-corrected chi connectivity index (χ4v) is 1.72. The zero-order chi connectivity index (χ0) is 15.0. The summed E-state index contributed by atoms with van der Waals surface area (Å²) in [6.45, 7) is 1.81. The molecular weight excluding hydrogens is 261 g/mol. The lowest BCUT2D eigenvalue weighted by molar-refractivity contribution is -0.132. The van der Waals surface area contributed by atoms with Gasteiger partial charge in [-0.25, -0.2) is 14.2 Å². The molecule has 0 amide bonds. The number of esters is 1. The molecule has 4 N–H and O–H groups in total. The number of benzene rings is 1. The van der Waals surface area contributed by atoms with Gasteiger partial charge in [-0.1, -0.05) is 19.8 Å². The van der Waals surface area contributed by atoms with Crippen molar-refractivity contribution in [1.29, 1.82) is 0 Å². The number of hydrogen-bond donors (Lipinski definition) is 2. The van der Waals surface area contributed by atoms with E-state index >= 15 is 0 Å². The van der Waals surface area contributed by atoms with E-state index in [9.17, 15) is 9.18 Å². The van der Waals surface area contributed by atoms with E-state index in [-0.39, 0.29) is 18.3 Å². The zero-order valence-corrected chi connectivity index (χ0v) is 11.6. The Labute approximate surface area is 117 Å². The Bertz CT molecular complexity index is 485. The van der Waals surface area contributed by atoms with Gasteiger partial charge in [-0.05, 0) is 30.5 Å². The molecule has 1 rings (SSSR count). The highest BCUT2D eigenvalue weighted by Crippen LogP contribution is 2.18. The third kappa shape index (κ3) is 6.17. The predicted octanol–water partition coefficient (Wildman–Crippen LogP) is 1.74. The van der Waals surface area contributed by atoms with Gasteiger partial charge in [0.2, 0.25) is 0 Å². The van der Waals surface area contributed by atoms with Crippen LogP contribution in [-0.4, -0.2) is 18.5 Å². The Morgan fingerprint density at radius 2 is 2.05 bits per heavy atom. The van der Waals surface area contributed by atoms with Crippen LogP contribution in [0.2, 0.25) is 0 Å². The van der Waals surface area contributed by atoms with Crippen molar-refractivity contribution in [3.63, 3.8) is 0 Å². The number of guanidine groups is 1. The van der Waals surface area contributed by atoms with Gasteiger partial charge < -0.3 is 16.2 Å². The SMILES string of the molecule is CCCCCc1cc(F)cc(OC(=O)CN=C(N)N)c1. The number of nitrogens with two attached hydrogens (primary N) is 2. The van der Waals surface area contributed by atoms with E-state index in [2.05, 4.69) is 11.9 Å². The highest BCUT2D eigenvalue weighted by Gasteiger charge is 2.07. The standard InChI is InChI=1S/C14H20FN3O2/c1-2-3-4-5-10-6-11(15)8-12(7-10)20-13(19)9-18-14(16)17/h6-8H,2-5,9H2,1H3,(H4,16,17,18). The number of ether oxygens (including phenoxy) is 1. The van der Waals surface area contributed by atoms with Gasteiger partial charge in [0.05, 0.1) is 0 Å². The topological polar surface area (TPSA) is 90.7 Å². The maximum Gasteiger partial charge on any atom is 0.333 e. The van der Waals surface area contributed by atoms with Crippen LogP contribution in [0.25, 0.3) is 0 Å². The molecule has 0 aliphatic heterocycles. The van der Waals surface area contributed by atoms with E-state index < -0.39 is 11.8 Å². The lowest BCUT2D eigenvalue weighted by Crippen LogP contribution is -2.25. The first-order valence-electron chi connectivity index (χ1n) is 6.56. The normalized spacial score (nSPS) is 10.1. The molecule has 0 aliphatic rings. The largest absolute Gasteiger partial charge is 0.425 e. The number of aryl methyl sites for hydroxylation is 1. The van der Waals surface area contributed by atoms with Gasteiger partial charge in [0, 0.05) is 6.07 Å². The predicted molar refractivity (Wildman–Crippen MR) is 75.9 cm³/mol. The average Bonchev–Trinajstić information content (AvgIpc) is 2.36. The first-order chi connectivity index (χ1) is 9.51. The maximum atomic E-state index is 13.4. The number of carbonyl (C=O) groups excluding carboxylic acids is 1. The number of unbranched alkanes of at least 4 members (excludes halogenated alkanes) is 2. The highest BCUT2D eigenvalue weighted by molar-refractivity contribution is 5.81. The minimum atomic E-state index is -0.636. The van der Waals surface area contributed by atoms with E-state index in [0.29, 0.717) is 0 Å². The molecule has 0 radical (unpaired) electrons. The van der Waals surface area contributed by atoms with Crippen molar-refractivity contribution in [2.45, 2.75) is 32.6 Å². The van der Waals surface area contributed by atoms with Crippen LogP contribution in [0, 0.1) is 5.82 Å². The molecule has 20 heavy (non-hydrogen) atoms. The summed E-state index contributed by atoms with van der Waals surface area (Å²) < 4.78 is 18.4. The number of hydrogen-bond acceptors (Lipinski definition) is 3. The van der Waals surface area contributed by atoms with Crippen molar-refractivity contribution >= 4 is 11.9 Å². The fourth-order valence-electron chi connectivity index (χ4n) is 1.72. The molecule has 0 bridgehead atoms. The summed E-state index contributed by atoms with van der Waals surface area (Å²) in [5, 5.41) is 0. The van der Waals surface area contributed by atoms with Crippen molar-refractivity contribution in [3.05, 3.63) is 29.6 Å². The summed E-state index contributed by atoms with van der Waals surface area (Å²) in [7, 11) is 0. The smallest absolute Gasteiger partial charge is 0.333 e. The molecule has 0 saturated carbocycles. The molecule has 0 unspecified atom stereocenters. The summed E-state index contributed by atoms with van der Waals surface area (Å²) in [5.74, 6) is -1.08. The van der Waals surface area contributed by atoms with Gasteiger partial charge in [-0.2, -0.15) is 0 Å². The average molecular weight is 281 g/mol. The number of nitrogens with zero attached hydrogens (tertiary/aromatic N) is 1. The molecule has 5 nitrogen and oxygen atoms in total. The Morgan fingerprint density at radius 3 is 2.70 bits per heavy atom. The maximum absolute atomic E-state index is 13.4. The van der Waals surface area contributed by atoms with E-state index in [1.165, 1.54) is 6.07 Å². The molecule has 6 heteroatoms. The summed E-state index contributed by atoms with van der Waals surface area (Å²) in [5.41, 5.74) is 11.0. The van der Waals surface area contributed by atoms with Crippen molar-refractivity contribution < 1.29 is 13.9 Å². The Morgan fingerprint density at radius 1 is 1.30 bits per heavy atom. The Hall–Kier alpha value is -2.11. The van der Waals surface area contributed by atoms with E-state index in [1.807, 2.05) is 0 Å². The molecule has 1 aromatic rings. The summed E-state index contributed by atoms with van der Waals surface area (Å²) in [6.07, 6.45) is 3.90. The third-order valence-corrected chi connectivity index (χ3v) is 2.62. The van der Waals surface area contributed by atoms with Gasteiger partial charge >= 0.3 is 5.97 Å². The van der Waals surface area contributed by atoms with Crippen LogP contribution in [0.3, 0.4) is 0 Å². The monoisotopic (exact) mass is 281 g/mol. The molecule has 0 saturated heterocycles. The molecule has 0 atom stereocenters. The van der Waals surface area contributed by atoms with Crippen molar-refractivity contribution in [3.8, 4) is 5.75 Å². The van der Waals surface area contributed by atoms with Crippen molar-refractivity contribution in [2.24, 2.45) is 16.5 Å². The molecule has 0 aliphatic carbocycles. The Kier molecular flexibility index (Phi) is 6.49. The molecule has 0 heterocycles. The number of carbonyl (C=O) groups is 1. The van der Waals surface area contributed by atoms with Crippen LogP contribution in [0.5, 0.6) is 5.75 Å². The first kappa shape index (κ1) is 15.9. The van der Waals surface area contributed by atoms with Gasteiger partial charge in [0.25, 0.3) is 0 Å². The first-order valence-corrected chi connectivity index (χ1v) is 6.56. The quantitative estimate of drug-likeness (QED) is 0.262. The van der Waals surface area contributed by atoms with Crippen molar-refractivity contribution in [2.75, 3.05) is 6.54 Å². The van der Waals surface area contributed by atoms with Crippen LogP contribution < -0.4 is 16.2 Å².